The second-order valence-corrected chi connectivity index (χ2v) is 5.84. The standard InChI is InChI=1S/C14H25N3O2/c1-10(2)13-12(8-17(4)16-13)7-15-9-14(18)5-6-19-11(14)3/h8,10-11,15,18H,5-7,9H2,1-4H3. The molecule has 1 saturated heterocycles. The summed E-state index contributed by atoms with van der Waals surface area (Å²) in [6.45, 7) is 8.15. The normalized spacial score (nSPS) is 27.4. The van der Waals surface area contributed by atoms with Gasteiger partial charge in [0, 0.05) is 44.9 Å². The van der Waals surface area contributed by atoms with Crippen molar-refractivity contribution in [1.82, 2.24) is 15.1 Å². The molecule has 0 aliphatic carbocycles. The van der Waals surface area contributed by atoms with Crippen molar-refractivity contribution in [1.29, 1.82) is 0 Å². The second-order valence-electron chi connectivity index (χ2n) is 5.84. The van der Waals surface area contributed by atoms with E-state index in [0.717, 1.165) is 12.2 Å². The molecule has 108 valence electrons. The Hall–Kier alpha value is -0.910. The first-order chi connectivity index (χ1) is 8.92. The topological polar surface area (TPSA) is 59.3 Å². The van der Waals surface area contributed by atoms with Crippen LogP contribution in [0.3, 0.4) is 0 Å². The lowest BCUT2D eigenvalue weighted by molar-refractivity contribution is -0.0263. The molecular formula is C14H25N3O2. The Morgan fingerprint density at radius 1 is 1.63 bits per heavy atom. The largest absolute Gasteiger partial charge is 0.386 e. The van der Waals surface area contributed by atoms with Crippen molar-refractivity contribution >= 4 is 0 Å². The summed E-state index contributed by atoms with van der Waals surface area (Å²) in [5.41, 5.74) is 1.59. The summed E-state index contributed by atoms with van der Waals surface area (Å²) < 4.78 is 7.28. The second kappa shape index (κ2) is 5.61. The molecule has 1 aliphatic rings. The fraction of sp³-hybridized carbons (Fsp3) is 0.786. The zero-order chi connectivity index (χ0) is 14.0. The Labute approximate surface area is 115 Å². The van der Waals surface area contributed by atoms with E-state index in [2.05, 4.69) is 24.3 Å². The maximum absolute atomic E-state index is 10.4. The van der Waals surface area contributed by atoms with Gasteiger partial charge >= 0.3 is 0 Å². The molecule has 0 radical (unpaired) electrons. The maximum Gasteiger partial charge on any atom is 0.105 e. The number of nitrogens with one attached hydrogen (secondary N) is 1. The predicted octanol–water partition coefficient (Wildman–Crippen LogP) is 1.17. The SMILES string of the molecule is CC(C)c1nn(C)cc1CNCC1(O)CCOC1C. The van der Waals surface area contributed by atoms with E-state index in [9.17, 15) is 5.11 Å². The molecule has 1 fully saturated rings. The van der Waals surface area contributed by atoms with Gasteiger partial charge in [-0.25, -0.2) is 0 Å². The Bertz CT molecular complexity index is 430. The molecule has 0 bridgehead atoms. The Morgan fingerprint density at radius 2 is 2.37 bits per heavy atom. The van der Waals surface area contributed by atoms with Crippen molar-refractivity contribution in [2.24, 2.45) is 7.05 Å². The van der Waals surface area contributed by atoms with Gasteiger partial charge in [-0.2, -0.15) is 5.10 Å². The van der Waals surface area contributed by atoms with Gasteiger partial charge in [0.05, 0.1) is 11.8 Å². The van der Waals surface area contributed by atoms with Crippen LogP contribution in [0.15, 0.2) is 6.20 Å². The molecule has 0 saturated carbocycles. The van der Waals surface area contributed by atoms with Gasteiger partial charge in [-0.05, 0) is 12.8 Å². The molecule has 0 aromatic carbocycles. The maximum atomic E-state index is 10.4. The highest BCUT2D eigenvalue weighted by molar-refractivity contribution is 5.20. The first-order valence-electron chi connectivity index (χ1n) is 6.99. The third-order valence-corrected chi connectivity index (χ3v) is 3.89. The molecule has 2 atom stereocenters. The summed E-state index contributed by atoms with van der Waals surface area (Å²) >= 11 is 0. The molecule has 0 amide bonds. The lowest BCUT2D eigenvalue weighted by atomic mass is 9.96. The molecular weight excluding hydrogens is 242 g/mol. The molecule has 2 N–H and O–H groups in total. The van der Waals surface area contributed by atoms with Crippen LogP contribution in [-0.2, 0) is 18.3 Å². The van der Waals surface area contributed by atoms with E-state index >= 15 is 0 Å². The van der Waals surface area contributed by atoms with E-state index in [1.54, 1.807) is 0 Å². The molecule has 5 heteroatoms. The first kappa shape index (κ1) is 14.5. The van der Waals surface area contributed by atoms with Gasteiger partial charge in [0.2, 0.25) is 0 Å². The highest BCUT2D eigenvalue weighted by Crippen LogP contribution is 2.25. The van der Waals surface area contributed by atoms with Crippen LogP contribution in [0.4, 0.5) is 0 Å². The van der Waals surface area contributed by atoms with E-state index < -0.39 is 5.60 Å². The van der Waals surface area contributed by atoms with Crippen molar-refractivity contribution in [3.05, 3.63) is 17.5 Å². The van der Waals surface area contributed by atoms with Crippen molar-refractivity contribution in [3.8, 4) is 0 Å². The fourth-order valence-corrected chi connectivity index (χ4v) is 2.59. The lowest BCUT2D eigenvalue weighted by Crippen LogP contribution is -2.45. The average molecular weight is 267 g/mol. The van der Waals surface area contributed by atoms with Gasteiger partial charge in [-0.15, -0.1) is 0 Å². The van der Waals surface area contributed by atoms with E-state index in [0.29, 0.717) is 25.5 Å². The Morgan fingerprint density at radius 3 is 2.95 bits per heavy atom. The van der Waals surface area contributed by atoms with Crippen LogP contribution in [-0.4, -0.2) is 39.7 Å². The number of ether oxygens (including phenoxy) is 1. The molecule has 5 nitrogen and oxygen atoms in total. The zero-order valence-corrected chi connectivity index (χ0v) is 12.3. The van der Waals surface area contributed by atoms with E-state index in [-0.39, 0.29) is 6.10 Å². The summed E-state index contributed by atoms with van der Waals surface area (Å²) in [4.78, 5) is 0. The number of aryl methyl sites for hydroxylation is 1. The molecule has 2 heterocycles. The quantitative estimate of drug-likeness (QED) is 0.841. The van der Waals surface area contributed by atoms with Crippen molar-refractivity contribution in [3.63, 3.8) is 0 Å². The van der Waals surface area contributed by atoms with Crippen LogP contribution in [0.25, 0.3) is 0 Å². The summed E-state index contributed by atoms with van der Waals surface area (Å²) in [5.74, 6) is 0.412. The molecule has 1 aromatic rings. The van der Waals surface area contributed by atoms with Crippen molar-refractivity contribution in [2.75, 3.05) is 13.2 Å². The van der Waals surface area contributed by atoms with Gasteiger partial charge in [0.25, 0.3) is 0 Å². The number of nitrogens with zero attached hydrogens (tertiary/aromatic N) is 2. The number of rotatable bonds is 5. The summed E-state index contributed by atoms with van der Waals surface area (Å²) in [7, 11) is 1.94. The van der Waals surface area contributed by atoms with Gasteiger partial charge in [0.15, 0.2) is 0 Å². The Balaban J connectivity index is 1.92. The minimum absolute atomic E-state index is 0.0986. The van der Waals surface area contributed by atoms with Crippen molar-refractivity contribution < 1.29 is 9.84 Å². The molecule has 19 heavy (non-hydrogen) atoms. The van der Waals surface area contributed by atoms with Gasteiger partial charge in [0.1, 0.15) is 5.60 Å². The highest BCUT2D eigenvalue weighted by Gasteiger charge is 2.39. The molecule has 1 aliphatic heterocycles. The predicted molar refractivity (Wildman–Crippen MR) is 74.0 cm³/mol. The first-order valence-corrected chi connectivity index (χ1v) is 6.99. The minimum atomic E-state index is -0.736. The minimum Gasteiger partial charge on any atom is -0.386 e. The van der Waals surface area contributed by atoms with Gasteiger partial charge < -0.3 is 15.2 Å². The molecule has 2 unspecified atom stereocenters. The third kappa shape index (κ3) is 3.16. The number of hydrogen-bond acceptors (Lipinski definition) is 4. The number of aliphatic hydroxyl groups is 1. The van der Waals surface area contributed by atoms with Crippen LogP contribution >= 0.6 is 0 Å². The third-order valence-electron chi connectivity index (χ3n) is 3.89. The lowest BCUT2D eigenvalue weighted by Gasteiger charge is -2.26. The smallest absolute Gasteiger partial charge is 0.105 e. The highest BCUT2D eigenvalue weighted by atomic mass is 16.5. The number of hydrogen-bond donors (Lipinski definition) is 2. The van der Waals surface area contributed by atoms with Crippen LogP contribution in [0.2, 0.25) is 0 Å². The number of aromatic nitrogens is 2. The monoisotopic (exact) mass is 267 g/mol. The molecule has 2 rings (SSSR count). The summed E-state index contributed by atoms with van der Waals surface area (Å²) in [6, 6.07) is 0. The molecule has 0 spiro atoms. The van der Waals surface area contributed by atoms with E-state index in [1.165, 1.54) is 5.56 Å². The van der Waals surface area contributed by atoms with Crippen LogP contribution in [0.5, 0.6) is 0 Å². The average Bonchev–Trinajstić information content (AvgIpc) is 2.84. The summed E-state index contributed by atoms with van der Waals surface area (Å²) in [6.07, 6.45) is 2.64. The van der Waals surface area contributed by atoms with Crippen molar-refractivity contribution in [2.45, 2.75) is 51.4 Å². The van der Waals surface area contributed by atoms with Gasteiger partial charge in [-0.3, -0.25) is 4.68 Å². The van der Waals surface area contributed by atoms with Crippen LogP contribution < -0.4 is 5.32 Å². The zero-order valence-electron chi connectivity index (χ0n) is 12.3. The van der Waals surface area contributed by atoms with E-state index in [1.807, 2.05) is 24.9 Å². The summed E-state index contributed by atoms with van der Waals surface area (Å²) in [5, 5.41) is 18.2. The van der Waals surface area contributed by atoms with E-state index in [4.69, 9.17) is 4.74 Å². The fourth-order valence-electron chi connectivity index (χ4n) is 2.59. The van der Waals surface area contributed by atoms with Crippen LogP contribution in [0, 0.1) is 0 Å². The Kier molecular flexibility index (Phi) is 4.28. The van der Waals surface area contributed by atoms with Crippen LogP contribution in [0.1, 0.15) is 44.4 Å². The molecule has 1 aromatic heterocycles. The van der Waals surface area contributed by atoms with Gasteiger partial charge in [-0.1, -0.05) is 13.8 Å².